The Morgan fingerprint density at radius 1 is 1.40 bits per heavy atom. The maximum atomic E-state index is 13.4. The number of rotatable bonds is 4. The fraction of sp³-hybridized carbons (Fsp3) is 0.562. The summed E-state index contributed by atoms with van der Waals surface area (Å²) in [6.07, 6.45) is 4.72. The first-order valence-electron chi connectivity index (χ1n) is 7.34. The maximum Gasteiger partial charge on any atom is 0.336 e. The monoisotopic (exact) mass is 279 g/mol. The normalized spacial score (nSPS) is 20.6. The summed E-state index contributed by atoms with van der Waals surface area (Å²) in [5.41, 5.74) is 0.787. The number of carboxylic acids is 1. The van der Waals surface area contributed by atoms with Crippen LogP contribution in [-0.4, -0.2) is 29.1 Å². The Hall–Kier alpha value is -1.42. The highest BCUT2D eigenvalue weighted by molar-refractivity contribution is 5.89. The van der Waals surface area contributed by atoms with Gasteiger partial charge in [0.25, 0.3) is 0 Å². The van der Waals surface area contributed by atoms with Gasteiger partial charge in [0, 0.05) is 6.54 Å². The molecule has 0 radical (unpaired) electrons. The average molecular weight is 279 g/mol. The Bertz CT molecular complexity index is 476. The molecular formula is C16H22FNO2. The standard InChI is InChI=1S/C16H22FNO2/c1-2-12-4-3-8-18(9-7-12)11-13-10-14(17)5-6-15(13)16(19)20/h5-6,10,12H,2-4,7-9,11H2,1H3,(H,19,20). The molecule has 0 bridgehead atoms. The van der Waals surface area contributed by atoms with Crippen LogP contribution in [0.25, 0.3) is 0 Å². The minimum atomic E-state index is -0.985. The Morgan fingerprint density at radius 2 is 2.20 bits per heavy atom. The summed E-state index contributed by atoms with van der Waals surface area (Å²) in [6.45, 7) is 4.67. The summed E-state index contributed by atoms with van der Waals surface area (Å²) in [6, 6.07) is 3.92. The van der Waals surface area contributed by atoms with Crippen LogP contribution in [0.15, 0.2) is 18.2 Å². The molecule has 0 spiro atoms. The highest BCUT2D eigenvalue weighted by Crippen LogP contribution is 2.22. The van der Waals surface area contributed by atoms with Crippen LogP contribution >= 0.6 is 0 Å². The minimum absolute atomic E-state index is 0.211. The number of carboxylic acid groups (broad SMARTS) is 1. The van der Waals surface area contributed by atoms with E-state index in [1.54, 1.807) is 0 Å². The first-order chi connectivity index (χ1) is 9.60. The highest BCUT2D eigenvalue weighted by atomic mass is 19.1. The van der Waals surface area contributed by atoms with Crippen LogP contribution < -0.4 is 0 Å². The van der Waals surface area contributed by atoms with Crippen molar-refractivity contribution >= 4 is 5.97 Å². The van der Waals surface area contributed by atoms with E-state index >= 15 is 0 Å². The van der Waals surface area contributed by atoms with Crippen molar-refractivity contribution in [1.29, 1.82) is 0 Å². The Kier molecular flexibility index (Phi) is 5.12. The van der Waals surface area contributed by atoms with Gasteiger partial charge in [0.15, 0.2) is 0 Å². The van der Waals surface area contributed by atoms with Gasteiger partial charge in [0.2, 0.25) is 0 Å². The molecule has 1 heterocycles. The molecule has 0 saturated carbocycles. The quantitative estimate of drug-likeness (QED) is 0.916. The fourth-order valence-electron chi connectivity index (χ4n) is 2.93. The summed E-state index contributed by atoms with van der Waals surface area (Å²) >= 11 is 0. The lowest BCUT2D eigenvalue weighted by atomic mass is 9.98. The van der Waals surface area contributed by atoms with Crippen molar-refractivity contribution in [2.24, 2.45) is 5.92 Å². The fourth-order valence-corrected chi connectivity index (χ4v) is 2.93. The van der Waals surface area contributed by atoms with Crippen molar-refractivity contribution in [2.75, 3.05) is 13.1 Å². The summed E-state index contributed by atoms with van der Waals surface area (Å²) in [4.78, 5) is 13.4. The van der Waals surface area contributed by atoms with Gasteiger partial charge in [-0.1, -0.05) is 13.3 Å². The second-order valence-corrected chi connectivity index (χ2v) is 5.59. The molecule has 1 fully saturated rings. The first-order valence-corrected chi connectivity index (χ1v) is 7.34. The molecule has 3 nitrogen and oxygen atoms in total. The van der Waals surface area contributed by atoms with E-state index in [1.807, 2.05) is 0 Å². The molecule has 1 saturated heterocycles. The van der Waals surface area contributed by atoms with Gasteiger partial charge in [-0.2, -0.15) is 0 Å². The largest absolute Gasteiger partial charge is 0.478 e. The third-order valence-corrected chi connectivity index (χ3v) is 4.21. The highest BCUT2D eigenvalue weighted by Gasteiger charge is 2.18. The van der Waals surface area contributed by atoms with Crippen molar-refractivity contribution in [1.82, 2.24) is 4.90 Å². The van der Waals surface area contributed by atoms with E-state index in [4.69, 9.17) is 0 Å². The van der Waals surface area contributed by atoms with E-state index in [1.165, 1.54) is 31.0 Å². The van der Waals surface area contributed by atoms with Crippen molar-refractivity contribution < 1.29 is 14.3 Å². The van der Waals surface area contributed by atoms with Gasteiger partial charge in [-0.15, -0.1) is 0 Å². The number of hydrogen-bond donors (Lipinski definition) is 1. The molecule has 110 valence electrons. The molecule has 1 aromatic carbocycles. The van der Waals surface area contributed by atoms with Crippen LogP contribution in [-0.2, 0) is 6.54 Å². The van der Waals surface area contributed by atoms with Crippen LogP contribution in [0.3, 0.4) is 0 Å². The summed E-state index contributed by atoms with van der Waals surface area (Å²) in [5, 5.41) is 9.18. The van der Waals surface area contributed by atoms with Gasteiger partial charge in [-0.25, -0.2) is 9.18 Å². The van der Waals surface area contributed by atoms with Crippen molar-refractivity contribution in [3.8, 4) is 0 Å². The third kappa shape index (κ3) is 3.79. The topological polar surface area (TPSA) is 40.5 Å². The zero-order valence-electron chi connectivity index (χ0n) is 11.9. The molecule has 1 aliphatic heterocycles. The van der Waals surface area contributed by atoms with Crippen molar-refractivity contribution in [3.05, 3.63) is 35.1 Å². The lowest BCUT2D eigenvalue weighted by molar-refractivity contribution is 0.0694. The van der Waals surface area contributed by atoms with E-state index in [-0.39, 0.29) is 11.4 Å². The zero-order valence-corrected chi connectivity index (χ0v) is 11.9. The van der Waals surface area contributed by atoms with Crippen LogP contribution in [0, 0.1) is 11.7 Å². The predicted octanol–water partition coefficient (Wildman–Crippen LogP) is 3.54. The third-order valence-electron chi connectivity index (χ3n) is 4.21. The molecule has 2 rings (SSSR count). The van der Waals surface area contributed by atoms with E-state index < -0.39 is 5.97 Å². The van der Waals surface area contributed by atoms with Crippen LogP contribution in [0.2, 0.25) is 0 Å². The average Bonchev–Trinajstić information content (AvgIpc) is 2.63. The second-order valence-electron chi connectivity index (χ2n) is 5.59. The molecule has 0 amide bonds. The molecule has 20 heavy (non-hydrogen) atoms. The van der Waals surface area contributed by atoms with E-state index in [0.717, 1.165) is 31.8 Å². The summed E-state index contributed by atoms with van der Waals surface area (Å²) in [5.74, 6) is -0.584. The maximum absolute atomic E-state index is 13.4. The lowest BCUT2D eigenvalue weighted by Crippen LogP contribution is -2.25. The summed E-state index contributed by atoms with van der Waals surface area (Å²) < 4.78 is 13.4. The number of halogens is 1. The molecule has 1 atom stereocenters. The van der Waals surface area contributed by atoms with Gasteiger partial charge in [-0.3, -0.25) is 4.90 Å². The molecule has 1 unspecified atom stereocenters. The number of likely N-dealkylation sites (tertiary alicyclic amines) is 1. The molecule has 1 aromatic rings. The van der Waals surface area contributed by atoms with Gasteiger partial charge < -0.3 is 5.11 Å². The zero-order chi connectivity index (χ0) is 14.5. The number of benzene rings is 1. The number of nitrogens with zero attached hydrogens (tertiary/aromatic N) is 1. The van der Waals surface area contributed by atoms with E-state index in [0.29, 0.717) is 12.1 Å². The van der Waals surface area contributed by atoms with Crippen molar-refractivity contribution in [3.63, 3.8) is 0 Å². The van der Waals surface area contributed by atoms with Gasteiger partial charge in [0.1, 0.15) is 5.82 Å². The Morgan fingerprint density at radius 3 is 2.90 bits per heavy atom. The number of hydrogen-bond acceptors (Lipinski definition) is 2. The first kappa shape index (κ1) is 15.0. The lowest BCUT2D eigenvalue weighted by Gasteiger charge is -2.21. The van der Waals surface area contributed by atoms with E-state index in [9.17, 15) is 14.3 Å². The molecule has 1 aliphatic rings. The smallest absolute Gasteiger partial charge is 0.336 e. The Balaban J connectivity index is 2.09. The molecule has 0 aromatic heterocycles. The minimum Gasteiger partial charge on any atom is -0.478 e. The van der Waals surface area contributed by atoms with Crippen LogP contribution in [0.4, 0.5) is 4.39 Å². The predicted molar refractivity (Wildman–Crippen MR) is 76.3 cm³/mol. The van der Waals surface area contributed by atoms with Gasteiger partial charge in [-0.05, 0) is 62.0 Å². The number of carbonyl (C=O) groups is 1. The van der Waals surface area contributed by atoms with Crippen LogP contribution in [0.5, 0.6) is 0 Å². The molecule has 4 heteroatoms. The molecule has 1 N–H and O–H groups in total. The molecular weight excluding hydrogens is 257 g/mol. The van der Waals surface area contributed by atoms with Crippen LogP contribution in [0.1, 0.15) is 48.5 Å². The SMILES string of the molecule is CCC1CCCN(Cc2cc(F)ccc2C(=O)O)CC1. The van der Waals surface area contributed by atoms with Gasteiger partial charge in [0.05, 0.1) is 5.56 Å². The Labute approximate surface area is 119 Å². The summed E-state index contributed by atoms with van der Waals surface area (Å²) in [7, 11) is 0. The van der Waals surface area contributed by atoms with Gasteiger partial charge >= 0.3 is 5.97 Å². The molecule has 0 aliphatic carbocycles. The van der Waals surface area contributed by atoms with Crippen molar-refractivity contribution in [2.45, 2.75) is 39.2 Å². The van der Waals surface area contributed by atoms with E-state index in [2.05, 4.69) is 11.8 Å². The second kappa shape index (κ2) is 6.84. The number of aromatic carboxylic acids is 1.